The number of benzene rings is 1. The van der Waals surface area contributed by atoms with E-state index in [-0.39, 0.29) is 0 Å². The first-order valence-electron chi connectivity index (χ1n) is 7.94. The van der Waals surface area contributed by atoms with Crippen molar-refractivity contribution >= 4 is 15.7 Å². The third kappa shape index (κ3) is 6.48. The maximum absolute atomic E-state index is 12.3. The van der Waals surface area contributed by atoms with E-state index in [4.69, 9.17) is 0 Å². The van der Waals surface area contributed by atoms with Crippen LogP contribution in [0.5, 0.6) is 0 Å². The van der Waals surface area contributed by atoms with Gasteiger partial charge in [0, 0.05) is 13.1 Å². The maximum Gasteiger partial charge on any atom is 0.242 e. The number of unbranched alkanes of at least 4 members (excludes halogenated alkanes) is 5. The summed E-state index contributed by atoms with van der Waals surface area (Å²) in [7, 11) is -3.42. The molecule has 0 aliphatic carbocycles. The summed E-state index contributed by atoms with van der Waals surface area (Å²) < 4.78 is 27.3. The van der Waals surface area contributed by atoms with E-state index >= 15 is 0 Å². The number of hydrogen-bond acceptors (Lipinski definition) is 3. The molecule has 0 amide bonds. The molecule has 5 heteroatoms. The van der Waals surface area contributed by atoms with Gasteiger partial charge in [0.25, 0.3) is 0 Å². The Hall–Kier alpha value is -1.07. The highest BCUT2D eigenvalue weighted by Crippen LogP contribution is 2.20. The normalized spacial score (nSPS) is 11.5. The predicted octanol–water partition coefficient (Wildman–Crippen LogP) is 3.76. The third-order valence-electron chi connectivity index (χ3n) is 3.37. The van der Waals surface area contributed by atoms with Gasteiger partial charge in [-0.1, -0.05) is 51.2 Å². The minimum atomic E-state index is -3.42. The molecule has 1 aromatic carbocycles. The average Bonchev–Trinajstić information content (AvgIpc) is 2.47. The minimum Gasteiger partial charge on any atom is -0.384 e. The van der Waals surface area contributed by atoms with E-state index in [9.17, 15) is 8.42 Å². The Bertz CT molecular complexity index is 501. The fourth-order valence-electron chi connectivity index (χ4n) is 2.23. The quantitative estimate of drug-likeness (QED) is 0.612. The van der Waals surface area contributed by atoms with Gasteiger partial charge < -0.3 is 5.32 Å². The largest absolute Gasteiger partial charge is 0.384 e. The summed E-state index contributed by atoms with van der Waals surface area (Å²) in [6, 6.07) is 7.02. The van der Waals surface area contributed by atoms with Gasteiger partial charge in [0.15, 0.2) is 0 Å². The second-order valence-corrected chi connectivity index (χ2v) is 6.93. The van der Waals surface area contributed by atoms with E-state index in [0.29, 0.717) is 23.7 Å². The molecular weight excluding hydrogens is 284 g/mol. The summed E-state index contributed by atoms with van der Waals surface area (Å²) >= 11 is 0. The topological polar surface area (TPSA) is 58.2 Å². The molecule has 0 atom stereocenters. The van der Waals surface area contributed by atoms with Gasteiger partial charge in [0.2, 0.25) is 10.0 Å². The highest BCUT2D eigenvalue weighted by molar-refractivity contribution is 7.89. The minimum absolute atomic E-state index is 0.331. The number of nitrogens with one attached hydrogen (secondary N) is 2. The van der Waals surface area contributed by atoms with E-state index in [2.05, 4.69) is 17.0 Å². The lowest BCUT2D eigenvalue weighted by Gasteiger charge is -2.12. The van der Waals surface area contributed by atoms with Crippen molar-refractivity contribution in [2.45, 2.75) is 57.3 Å². The highest BCUT2D eigenvalue weighted by Gasteiger charge is 2.16. The molecule has 120 valence electrons. The van der Waals surface area contributed by atoms with Crippen molar-refractivity contribution in [2.24, 2.45) is 0 Å². The van der Waals surface area contributed by atoms with Crippen molar-refractivity contribution in [1.29, 1.82) is 0 Å². The lowest BCUT2D eigenvalue weighted by molar-refractivity contribution is 0.568. The molecule has 0 saturated heterocycles. The third-order valence-corrected chi connectivity index (χ3v) is 4.89. The van der Waals surface area contributed by atoms with Crippen LogP contribution in [0, 0.1) is 0 Å². The van der Waals surface area contributed by atoms with Gasteiger partial charge >= 0.3 is 0 Å². The number of hydrogen-bond donors (Lipinski definition) is 2. The highest BCUT2D eigenvalue weighted by atomic mass is 32.2. The summed E-state index contributed by atoms with van der Waals surface area (Å²) in [5, 5.41) is 3.09. The summed E-state index contributed by atoms with van der Waals surface area (Å²) in [6.45, 7) is 5.35. The van der Waals surface area contributed by atoms with Gasteiger partial charge in [0.1, 0.15) is 4.90 Å². The molecule has 4 nitrogen and oxygen atoms in total. The number of anilines is 1. The Kier molecular flexibility index (Phi) is 8.38. The van der Waals surface area contributed by atoms with Crippen molar-refractivity contribution in [1.82, 2.24) is 4.72 Å². The van der Waals surface area contributed by atoms with Gasteiger partial charge in [-0.2, -0.15) is 0 Å². The van der Waals surface area contributed by atoms with Crippen molar-refractivity contribution in [3.8, 4) is 0 Å². The van der Waals surface area contributed by atoms with Gasteiger partial charge in [-0.25, -0.2) is 13.1 Å². The maximum atomic E-state index is 12.3. The van der Waals surface area contributed by atoms with E-state index in [0.717, 1.165) is 12.8 Å². The lowest BCUT2D eigenvalue weighted by atomic mass is 10.1. The Morgan fingerprint density at radius 1 is 0.952 bits per heavy atom. The van der Waals surface area contributed by atoms with Crippen LogP contribution in [-0.2, 0) is 10.0 Å². The van der Waals surface area contributed by atoms with E-state index in [1.165, 1.54) is 25.7 Å². The Morgan fingerprint density at radius 3 is 2.33 bits per heavy atom. The fourth-order valence-corrected chi connectivity index (χ4v) is 3.48. The zero-order valence-electron chi connectivity index (χ0n) is 13.2. The summed E-state index contributed by atoms with van der Waals surface area (Å²) in [4.78, 5) is 0.331. The lowest BCUT2D eigenvalue weighted by Crippen LogP contribution is -2.25. The van der Waals surface area contributed by atoms with E-state index in [1.54, 1.807) is 18.2 Å². The zero-order chi connectivity index (χ0) is 15.6. The van der Waals surface area contributed by atoms with E-state index in [1.807, 2.05) is 13.0 Å². The van der Waals surface area contributed by atoms with Crippen LogP contribution in [-0.4, -0.2) is 21.5 Å². The van der Waals surface area contributed by atoms with Gasteiger partial charge in [-0.15, -0.1) is 0 Å². The van der Waals surface area contributed by atoms with Crippen LogP contribution in [0.1, 0.15) is 52.4 Å². The smallest absolute Gasteiger partial charge is 0.242 e. The molecule has 0 bridgehead atoms. The molecule has 0 spiro atoms. The predicted molar refractivity (Wildman–Crippen MR) is 89.2 cm³/mol. The van der Waals surface area contributed by atoms with Crippen LogP contribution in [0.4, 0.5) is 5.69 Å². The van der Waals surface area contributed by atoms with Crippen LogP contribution in [0.15, 0.2) is 29.2 Å². The van der Waals surface area contributed by atoms with Crippen LogP contribution < -0.4 is 10.0 Å². The molecule has 0 aliphatic heterocycles. The Balaban J connectivity index is 2.46. The zero-order valence-corrected chi connectivity index (χ0v) is 14.0. The molecule has 0 heterocycles. The fraction of sp³-hybridized carbons (Fsp3) is 0.625. The number of rotatable bonds is 11. The molecule has 1 aromatic rings. The summed E-state index contributed by atoms with van der Waals surface area (Å²) in [6.07, 6.45) is 6.90. The molecular formula is C16H28N2O2S. The first-order valence-corrected chi connectivity index (χ1v) is 9.42. The summed E-state index contributed by atoms with van der Waals surface area (Å²) in [5.74, 6) is 0. The van der Waals surface area contributed by atoms with Crippen molar-refractivity contribution in [2.75, 3.05) is 18.4 Å². The first-order chi connectivity index (χ1) is 10.1. The molecule has 21 heavy (non-hydrogen) atoms. The number of sulfonamides is 1. The molecule has 0 unspecified atom stereocenters. The first kappa shape index (κ1) is 18.0. The molecule has 0 aromatic heterocycles. The molecule has 0 radical (unpaired) electrons. The van der Waals surface area contributed by atoms with Gasteiger partial charge in [-0.3, -0.25) is 0 Å². The van der Waals surface area contributed by atoms with Crippen molar-refractivity contribution in [3.63, 3.8) is 0 Å². The van der Waals surface area contributed by atoms with Crippen LogP contribution in [0.3, 0.4) is 0 Å². The molecule has 1 rings (SSSR count). The standard InChI is InChI=1S/C16H28N2O2S/c1-3-5-6-7-8-11-14-18-21(19,20)16-13-10-9-12-15(16)17-4-2/h9-10,12-13,17-18H,3-8,11,14H2,1-2H3. The SMILES string of the molecule is CCCCCCCCNS(=O)(=O)c1ccccc1NCC. The van der Waals surface area contributed by atoms with E-state index < -0.39 is 10.0 Å². The Labute approximate surface area is 129 Å². The number of para-hydroxylation sites is 1. The monoisotopic (exact) mass is 312 g/mol. The van der Waals surface area contributed by atoms with Crippen LogP contribution >= 0.6 is 0 Å². The molecule has 0 saturated carbocycles. The van der Waals surface area contributed by atoms with Crippen LogP contribution in [0.25, 0.3) is 0 Å². The van der Waals surface area contributed by atoms with Crippen molar-refractivity contribution < 1.29 is 8.42 Å². The molecule has 0 aliphatic rings. The van der Waals surface area contributed by atoms with Gasteiger partial charge in [0.05, 0.1) is 5.69 Å². The Morgan fingerprint density at radius 2 is 1.62 bits per heavy atom. The second-order valence-electron chi connectivity index (χ2n) is 5.19. The van der Waals surface area contributed by atoms with Crippen molar-refractivity contribution in [3.05, 3.63) is 24.3 Å². The average molecular weight is 312 g/mol. The van der Waals surface area contributed by atoms with Crippen LogP contribution in [0.2, 0.25) is 0 Å². The second kappa shape index (κ2) is 9.79. The molecule has 2 N–H and O–H groups in total. The van der Waals surface area contributed by atoms with Gasteiger partial charge in [-0.05, 0) is 25.5 Å². The molecule has 0 fully saturated rings. The summed E-state index contributed by atoms with van der Waals surface area (Å²) in [5.41, 5.74) is 0.662.